The summed E-state index contributed by atoms with van der Waals surface area (Å²) in [6, 6.07) is 15.3. The molecule has 0 bridgehead atoms. The molecule has 0 aromatic heterocycles. The Morgan fingerprint density at radius 3 is 2.50 bits per heavy atom. The monoisotopic (exact) mass is 344 g/mol. The molecule has 0 aliphatic heterocycles. The molecule has 2 aromatic carbocycles. The van der Waals surface area contributed by atoms with Gasteiger partial charge < -0.3 is 10.6 Å². The molecule has 0 heterocycles. The van der Waals surface area contributed by atoms with E-state index < -0.39 is 0 Å². The molecule has 0 aliphatic rings. The molecule has 2 N–H and O–H groups in total. The second kappa shape index (κ2) is 9.08. The van der Waals surface area contributed by atoms with Gasteiger partial charge in [-0.15, -0.1) is 0 Å². The highest BCUT2D eigenvalue weighted by Gasteiger charge is 2.10. The number of halogens is 1. The van der Waals surface area contributed by atoms with Crippen molar-refractivity contribution in [2.24, 2.45) is 0 Å². The molecule has 0 atom stereocenters. The lowest BCUT2D eigenvalue weighted by molar-refractivity contribution is -0.126. The molecule has 5 heteroatoms. The first-order chi connectivity index (χ1) is 11.5. The predicted molar refractivity (Wildman–Crippen MR) is 97.2 cm³/mol. The molecule has 0 spiro atoms. The van der Waals surface area contributed by atoms with Crippen LogP contribution in [-0.2, 0) is 16.0 Å². The molecule has 24 heavy (non-hydrogen) atoms. The Balaban J connectivity index is 1.69. The van der Waals surface area contributed by atoms with Crippen LogP contribution in [0.1, 0.15) is 24.0 Å². The molecule has 2 aromatic rings. The zero-order valence-corrected chi connectivity index (χ0v) is 14.4. The third-order valence-electron chi connectivity index (χ3n) is 3.59. The third-order valence-corrected chi connectivity index (χ3v) is 3.83. The van der Waals surface area contributed by atoms with Gasteiger partial charge in [-0.1, -0.05) is 41.9 Å². The van der Waals surface area contributed by atoms with E-state index in [1.807, 2.05) is 25.1 Å². The largest absolute Gasteiger partial charge is 0.356 e. The van der Waals surface area contributed by atoms with E-state index in [-0.39, 0.29) is 18.2 Å². The number of hydrogen-bond acceptors (Lipinski definition) is 2. The van der Waals surface area contributed by atoms with Crippen molar-refractivity contribution in [3.8, 4) is 0 Å². The van der Waals surface area contributed by atoms with Crippen molar-refractivity contribution in [1.82, 2.24) is 5.32 Å². The minimum absolute atomic E-state index is 0.187. The van der Waals surface area contributed by atoms with Crippen molar-refractivity contribution in [2.45, 2.75) is 26.2 Å². The van der Waals surface area contributed by atoms with Crippen LogP contribution in [0, 0.1) is 6.92 Å². The average Bonchev–Trinajstić information content (AvgIpc) is 2.55. The Morgan fingerprint density at radius 2 is 1.79 bits per heavy atom. The summed E-state index contributed by atoms with van der Waals surface area (Å²) in [5.74, 6) is -0.604. The molecule has 0 unspecified atom stereocenters. The molecule has 126 valence electrons. The highest BCUT2D eigenvalue weighted by atomic mass is 35.5. The summed E-state index contributed by atoms with van der Waals surface area (Å²) in [7, 11) is 0. The Kier molecular flexibility index (Phi) is 6.82. The van der Waals surface area contributed by atoms with Gasteiger partial charge in [0.1, 0.15) is 6.42 Å². The van der Waals surface area contributed by atoms with Crippen molar-refractivity contribution in [1.29, 1.82) is 0 Å². The molecule has 0 radical (unpaired) electrons. The van der Waals surface area contributed by atoms with Crippen LogP contribution in [0.2, 0.25) is 5.02 Å². The first kappa shape index (κ1) is 18.0. The Bertz CT molecular complexity index is 702. The maximum atomic E-state index is 11.9. The lowest BCUT2D eigenvalue weighted by atomic mass is 10.1. The van der Waals surface area contributed by atoms with Gasteiger partial charge in [-0.05, 0) is 49.1 Å². The van der Waals surface area contributed by atoms with E-state index >= 15 is 0 Å². The lowest BCUT2D eigenvalue weighted by Gasteiger charge is -2.09. The number of anilines is 1. The first-order valence-electron chi connectivity index (χ1n) is 7.91. The smallest absolute Gasteiger partial charge is 0.233 e. The topological polar surface area (TPSA) is 58.2 Å². The van der Waals surface area contributed by atoms with E-state index in [0.29, 0.717) is 17.3 Å². The van der Waals surface area contributed by atoms with Crippen molar-refractivity contribution in [3.05, 3.63) is 64.7 Å². The zero-order chi connectivity index (χ0) is 17.4. The minimum atomic E-state index is -0.332. The fourth-order valence-corrected chi connectivity index (χ4v) is 2.56. The van der Waals surface area contributed by atoms with Gasteiger partial charge in [0.25, 0.3) is 0 Å². The number of rotatable bonds is 7. The summed E-state index contributed by atoms with van der Waals surface area (Å²) >= 11 is 5.88. The Labute approximate surface area is 147 Å². The second-order valence-corrected chi connectivity index (χ2v) is 6.06. The summed E-state index contributed by atoms with van der Waals surface area (Å²) in [4.78, 5) is 23.7. The summed E-state index contributed by atoms with van der Waals surface area (Å²) in [5, 5.41) is 6.11. The third kappa shape index (κ3) is 6.05. The van der Waals surface area contributed by atoms with Crippen LogP contribution in [0.25, 0.3) is 0 Å². The Hall–Kier alpha value is -2.33. The summed E-state index contributed by atoms with van der Waals surface area (Å²) in [6.45, 7) is 2.41. The van der Waals surface area contributed by atoms with Crippen LogP contribution in [0.3, 0.4) is 0 Å². The molecule has 0 aliphatic carbocycles. The van der Waals surface area contributed by atoms with Gasteiger partial charge in [-0.25, -0.2) is 0 Å². The molecule has 2 amide bonds. The van der Waals surface area contributed by atoms with Gasteiger partial charge >= 0.3 is 0 Å². The number of carbonyl (C=O) groups excluding carboxylic acids is 2. The van der Waals surface area contributed by atoms with Crippen LogP contribution in [0.15, 0.2) is 48.5 Å². The molecule has 2 rings (SSSR count). The van der Waals surface area contributed by atoms with Gasteiger partial charge in [-0.3, -0.25) is 9.59 Å². The fourth-order valence-electron chi connectivity index (χ4n) is 2.34. The van der Waals surface area contributed by atoms with Gasteiger partial charge in [0.15, 0.2) is 0 Å². The van der Waals surface area contributed by atoms with E-state index in [1.54, 1.807) is 18.2 Å². The van der Waals surface area contributed by atoms with E-state index in [2.05, 4.69) is 22.8 Å². The Morgan fingerprint density at radius 1 is 1.04 bits per heavy atom. The number of amides is 2. The maximum Gasteiger partial charge on any atom is 0.233 e. The minimum Gasteiger partial charge on any atom is -0.356 e. The summed E-state index contributed by atoms with van der Waals surface area (Å²) in [5.41, 5.74) is 2.77. The average molecular weight is 345 g/mol. The van der Waals surface area contributed by atoms with Crippen LogP contribution in [0.5, 0.6) is 0 Å². The first-order valence-corrected chi connectivity index (χ1v) is 8.29. The molecule has 0 saturated heterocycles. The number of nitrogens with one attached hydrogen (secondary N) is 2. The molecular weight excluding hydrogens is 324 g/mol. The standard InChI is InChI=1S/C19H21ClN2O2/c1-14-12-16(20)9-10-17(14)22-19(24)13-18(23)21-11-5-8-15-6-3-2-4-7-15/h2-4,6-7,9-10,12H,5,8,11,13H2,1H3,(H,21,23)(H,22,24). The molecule has 0 saturated carbocycles. The van der Waals surface area contributed by atoms with Crippen molar-refractivity contribution >= 4 is 29.1 Å². The van der Waals surface area contributed by atoms with E-state index in [4.69, 9.17) is 11.6 Å². The summed E-state index contributed by atoms with van der Waals surface area (Å²) in [6.07, 6.45) is 1.55. The number of hydrogen-bond donors (Lipinski definition) is 2. The lowest BCUT2D eigenvalue weighted by Crippen LogP contribution is -2.29. The zero-order valence-electron chi connectivity index (χ0n) is 13.6. The summed E-state index contributed by atoms with van der Waals surface area (Å²) < 4.78 is 0. The van der Waals surface area contributed by atoms with E-state index in [0.717, 1.165) is 18.4 Å². The van der Waals surface area contributed by atoms with Crippen molar-refractivity contribution in [3.63, 3.8) is 0 Å². The van der Waals surface area contributed by atoms with E-state index in [1.165, 1.54) is 5.56 Å². The number of aryl methyl sites for hydroxylation is 2. The van der Waals surface area contributed by atoms with E-state index in [9.17, 15) is 9.59 Å². The predicted octanol–water partition coefficient (Wildman–Crippen LogP) is 3.73. The molecule has 4 nitrogen and oxygen atoms in total. The van der Waals surface area contributed by atoms with Crippen LogP contribution in [0.4, 0.5) is 5.69 Å². The van der Waals surface area contributed by atoms with Crippen LogP contribution in [-0.4, -0.2) is 18.4 Å². The highest BCUT2D eigenvalue weighted by Crippen LogP contribution is 2.19. The van der Waals surface area contributed by atoms with Crippen LogP contribution >= 0.6 is 11.6 Å². The van der Waals surface area contributed by atoms with Gasteiger partial charge in [0, 0.05) is 17.3 Å². The SMILES string of the molecule is Cc1cc(Cl)ccc1NC(=O)CC(=O)NCCCc1ccccc1. The van der Waals surface area contributed by atoms with Crippen molar-refractivity contribution in [2.75, 3.05) is 11.9 Å². The maximum absolute atomic E-state index is 11.9. The second-order valence-electron chi connectivity index (χ2n) is 5.62. The van der Waals surface area contributed by atoms with Gasteiger partial charge in [0.2, 0.25) is 11.8 Å². The quantitative estimate of drug-likeness (QED) is 0.594. The normalized spacial score (nSPS) is 10.2. The number of benzene rings is 2. The van der Waals surface area contributed by atoms with Gasteiger partial charge in [0.05, 0.1) is 0 Å². The molecule has 0 fully saturated rings. The highest BCUT2D eigenvalue weighted by molar-refractivity contribution is 6.30. The van der Waals surface area contributed by atoms with Crippen LogP contribution < -0.4 is 10.6 Å². The number of carbonyl (C=O) groups is 2. The van der Waals surface area contributed by atoms with Crippen molar-refractivity contribution < 1.29 is 9.59 Å². The molecular formula is C19H21ClN2O2. The fraction of sp³-hybridized carbons (Fsp3) is 0.263. The van der Waals surface area contributed by atoms with Gasteiger partial charge in [-0.2, -0.15) is 0 Å².